The number of nitrogen functional groups attached to an aromatic ring is 1. The van der Waals surface area contributed by atoms with E-state index in [-0.39, 0.29) is 5.54 Å². The second-order valence-electron chi connectivity index (χ2n) is 5.45. The number of hydrogen-bond donors (Lipinski definition) is 1. The smallest absolute Gasteiger partial charge is 0.186 e. The summed E-state index contributed by atoms with van der Waals surface area (Å²) in [6, 6.07) is 5.59. The van der Waals surface area contributed by atoms with E-state index in [4.69, 9.17) is 15.2 Å². The van der Waals surface area contributed by atoms with Gasteiger partial charge in [0.05, 0.1) is 23.9 Å². The summed E-state index contributed by atoms with van der Waals surface area (Å²) in [7, 11) is 1.60. The van der Waals surface area contributed by atoms with Gasteiger partial charge in [0.25, 0.3) is 0 Å². The van der Waals surface area contributed by atoms with Crippen LogP contribution in [-0.2, 0) is 10.3 Å². The minimum absolute atomic E-state index is 0.160. The van der Waals surface area contributed by atoms with E-state index in [9.17, 15) is 0 Å². The van der Waals surface area contributed by atoms with Crippen molar-refractivity contribution in [2.75, 3.05) is 26.1 Å². The van der Waals surface area contributed by atoms with Gasteiger partial charge in [-0.3, -0.25) is 0 Å². The van der Waals surface area contributed by atoms with E-state index in [1.807, 2.05) is 16.8 Å². The number of aromatic nitrogens is 4. The molecule has 0 atom stereocenters. The number of rotatable bonds is 3. The van der Waals surface area contributed by atoms with E-state index in [0.29, 0.717) is 30.5 Å². The minimum Gasteiger partial charge on any atom is -0.494 e. The average molecular weight is 289 g/mol. The molecule has 1 fully saturated rings. The Morgan fingerprint density at radius 2 is 2.10 bits per heavy atom. The molecule has 7 nitrogen and oxygen atoms in total. The molecule has 0 amide bonds. The third kappa shape index (κ3) is 2.33. The maximum Gasteiger partial charge on any atom is 0.186 e. The number of tetrazole rings is 1. The summed E-state index contributed by atoms with van der Waals surface area (Å²) in [5, 5.41) is 12.2. The van der Waals surface area contributed by atoms with Crippen molar-refractivity contribution in [2.24, 2.45) is 0 Å². The van der Waals surface area contributed by atoms with Gasteiger partial charge in [-0.25, -0.2) is 4.68 Å². The van der Waals surface area contributed by atoms with Gasteiger partial charge in [0.15, 0.2) is 11.6 Å². The van der Waals surface area contributed by atoms with Crippen LogP contribution in [0.15, 0.2) is 18.2 Å². The van der Waals surface area contributed by atoms with Crippen molar-refractivity contribution in [2.45, 2.75) is 25.3 Å². The van der Waals surface area contributed by atoms with Gasteiger partial charge < -0.3 is 15.2 Å². The largest absolute Gasteiger partial charge is 0.494 e. The van der Waals surface area contributed by atoms with Crippen LogP contribution < -0.4 is 10.5 Å². The lowest BCUT2D eigenvalue weighted by Gasteiger charge is -2.34. The number of hydrogen-bond acceptors (Lipinski definition) is 6. The Labute approximate surface area is 123 Å². The van der Waals surface area contributed by atoms with Crippen LogP contribution in [0.25, 0.3) is 11.4 Å². The zero-order valence-electron chi connectivity index (χ0n) is 12.2. The molecule has 1 saturated heterocycles. The molecule has 112 valence electrons. The zero-order valence-corrected chi connectivity index (χ0v) is 12.2. The summed E-state index contributed by atoms with van der Waals surface area (Å²) in [6.07, 6.45) is 1.74. The first-order valence-electron chi connectivity index (χ1n) is 6.95. The van der Waals surface area contributed by atoms with Crippen LogP contribution >= 0.6 is 0 Å². The van der Waals surface area contributed by atoms with Gasteiger partial charge >= 0.3 is 0 Å². The molecule has 1 aromatic carbocycles. The molecule has 2 N–H and O–H groups in total. The highest BCUT2D eigenvalue weighted by molar-refractivity contribution is 5.73. The van der Waals surface area contributed by atoms with Crippen LogP contribution in [0.1, 0.15) is 19.8 Å². The Morgan fingerprint density at radius 1 is 1.33 bits per heavy atom. The van der Waals surface area contributed by atoms with Crippen molar-refractivity contribution in [3.05, 3.63) is 18.2 Å². The van der Waals surface area contributed by atoms with Gasteiger partial charge in [0.1, 0.15) is 0 Å². The standard InChI is InChI=1S/C14H19N5O2/c1-14(6-8-21-9-7-14)19-13(16-17-18-19)10-4-3-5-11(15)12(10)20-2/h3-5H,6-9,15H2,1-2H3. The molecule has 0 bridgehead atoms. The molecule has 0 spiro atoms. The third-order valence-corrected chi connectivity index (χ3v) is 4.04. The van der Waals surface area contributed by atoms with Gasteiger partial charge in [0, 0.05) is 13.2 Å². The number of methoxy groups -OCH3 is 1. The molecular formula is C14H19N5O2. The first-order valence-corrected chi connectivity index (χ1v) is 6.95. The molecule has 21 heavy (non-hydrogen) atoms. The van der Waals surface area contributed by atoms with Gasteiger partial charge in [-0.2, -0.15) is 0 Å². The van der Waals surface area contributed by atoms with Crippen molar-refractivity contribution in [3.8, 4) is 17.1 Å². The van der Waals surface area contributed by atoms with Crippen molar-refractivity contribution in [1.29, 1.82) is 0 Å². The van der Waals surface area contributed by atoms with Crippen LogP contribution in [0.5, 0.6) is 5.75 Å². The van der Waals surface area contributed by atoms with Gasteiger partial charge in [0.2, 0.25) is 0 Å². The number of para-hydroxylation sites is 1. The van der Waals surface area contributed by atoms with Gasteiger partial charge in [-0.15, -0.1) is 5.10 Å². The third-order valence-electron chi connectivity index (χ3n) is 4.04. The fraction of sp³-hybridized carbons (Fsp3) is 0.500. The highest BCUT2D eigenvalue weighted by atomic mass is 16.5. The normalized spacial score (nSPS) is 17.6. The first-order chi connectivity index (χ1) is 10.2. The predicted octanol–water partition coefficient (Wildman–Crippen LogP) is 1.46. The van der Waals surface area contributed by atoms with E-state index in [2.05, 4.69) is 22.4 Å². The Hall–Kier alpha value is -2.15. The van der Waals surface area contributed by atoms with Crippen LogP contribution in [-0.4, -0.2) is 40.5 Å². The Kier molecular flexibility index (Phi) is 3.50. The molecule has 2 heterocycles. The SMILES string of the molecule is COc1c(N)cccc1-c1nnnn1C1(C)CCOCC1. The molecule has 1 aromatic heterocycles. The molecule has 0 saturated carbocycles. The summed E-state index contributed by atoms with van der Waals surface area (Å²) in [5.41, 5.74) is 7.19. The van der Waals surface area contributed by atoms with Crippen LogP contribution in [0.4, 0.5) is 5.69 Å². The highest BCUT2D eigenvalue weighted by Crippen LogP contribution is 2.37. The Balaban J connectivity index is 2.09. The van der Waals surface area contributed by atoms with E-state index < -0.39 is 0 Å². The second kappa shape index (κ2) is 5.33. The monoisotopic (exact) mass is 289 g/mol. The summed E-state index contributed by atoms with van der Waals surface area (Å²) >= 11 is 0. The van der Waals surface area contributed by atoms with Crippen LogP contribution in [0.3, 0.4) is 0 Å². The fourth-order valence-electron chi connectivity index (χ4n) is 2.70. The van der Waals surface area contributed by atoms with Crippen LogP contribution in [0.2, 0.25) is 0 Å². The average Bonchev–Trinajstić information content (AvgIpc) is 2.98. The number of nitrogens with zero attached hydrogens (tertiary/aromatic N) is 4. The molecule has 0 radical (unpaired) electrons. The zero-order chi connectivity index (χ0) is 14.9. The summed E-state index contributed by atoms with van der Waals surface area (Å²) in [4.78, 5) is 0. The van der Waals surface area contributed by atoms with E-state index >= 15 is 0 Å². The Bertz CT molecular complexity index is 634. The quantitative estimate of drug-likeness (QED) is 0.861. The van der Waals surface area contributed by atoms with E-state index in [1.165, 1.54) is 0 Å². The maximum atomic E-state index is 5.98. The topological polar surface area (TPSA) is 88.1 Å². The molecule has 7 heteroatoms. The molecule has 0 unspecified atom stereocenters. The summed E-state index contributed by atoms with van der Waals surface area (Å²) < 4.78 is 12.7. The lowest BCUT2D eigenvalue weighted by Crippen LogP contribution is -2.38. The molecular weight excluding hydrogens is 270 g/mol. The van der Waals surface area contributed by atoms with E-state index in [0.717, 1.165) is 18.4 Å². The molecule has 2 aromatic rings. The number of ether oxygens (including phenoxy) is 2. The molecule has 0 aliphatic carbocycles. The Morgan fingerprint density at radius 3 is 2.81 bits per heavy atom. The predicted molar refractivity (Wildman–Crippen MR) is 77.9 cm³/mol. The lowest BCUT2D eigenvalue weighted by molar-refractivity contribution is 0.0240. The minimum atomic E-state index is -0.160. The second-order valence-corrected chi connectivity index (χ2v) is 5.45. The van der Waals surface area contributed by atoms with E-state index in [1.54, 1.807) is 13.2 Å². The maximum absolute atomic E-state index is 5.98. The van der Waals surface area contributed by atoms with Crippen LogP contribution in [0, 0.1) is 0 Å². The lowest BCUT2D eigenvalue weighted by atomic mass is 9.92. The highest BCUT2D eigenvalue weighted by Gasteiger charge is 2.34. The van der Waals surface area contributed by atoms with Crippen molar-refractivity contribution < 1.29 is 9.47 Å². The van der Waals surface area contributed by atoms with Gasteiger partial charge in [-0.05, 0) is 42.3 Å². The summed E-state index contributed by atoms with van der Waals surface area (Å²) in [5.74, 6) is 1.27. The number of benzene rings is 1. The summed E-state index contributed by atoms with van der Waals surface area (Å²) in [6.45, 7) is 3.57. The first kappa shape index (κ1) is 13.8. The number of nitrogens with two attached hydrogens (primary N) is 1. The fourth-order valence-corrected chi connectivity index (χ4v) is 2.70. The molecule has 1 aliphatic rings. The molecule has 1 aliphatic heterocycles. The number of anilines is 1. The molecule has 3 rings (SSSR count). The van der Waals surface area contributed by atoms with Crippen molar-refractivity contribution in [1.82, 2.24) is 20.2 Å². The van der Waals surface area contributed by atoms with Crippen molar-refractivity contribution >= 4 is 5.69 Å². The van der Waals surface area contributed by atoms with Crippen molar-refractivity contribution in [3.63, 3.8) is 0 Å². The van der Waals surface area contributed by atoms with Gasteiger partial charge in [-0.1, -0.05) is 6.07 Å².